The number of amides is 1. The predicted octanol–water partition coefficient (Wildman–Crippen LogP) is 4.02. The molecule has 1 atom stereocenters. The van der Waals surface area contributed by atoms with Gasteiger partial charge in [0.15, 0.2) is 5.16 Å². The van der Waals surface area contributed by atoms with Crippen LogP contribution in [0.4, 0.5) is 16.0 Å². The highest BCUT2D eigenvalue weighted by molar-refractivity contribution is 8.00. The van der Waals surface area contributed by atoms with Gasteiger partial charge in [-0.15, -0.1) is 10.2 Å². The Morgan fingerprint density at radius 3 is 2.65 bits per heavy atom. The van der Waals surface area contributed by atoms with Gasteiger partial charge in [-0.05, 0) is 37.3 Å². The molecule has 2 heterocycles. The number of nitrogens with one attached hydrogen (secondary N) is 1. The second kappa shape index (κ2) is 9.67. The van der Waals surface area contributed by atoms with Crippen LogP contribution in [-0.4, -0.2) is 52.2 Å². The van der Waals surface area contributed by atoms with E-state index in [0.29, 0.717) is 24.1 Å². The zero-order chi connectivity index (χ0) is 21.8. The van der Waals surface area contributed by atoms with Crippen LogP contribution in [0.25, 0.3) is 5.69 Å². The number of benzene rings is 2. The minimum absolute atomic E-state index is 0.0444. The lowest BCUT2D eigenvalue weighted by Crippen LogP contribution is -2.37. The van der Waals surface area contributed by atoms with Gasteiger partial charge in [0.05, 0.1) is 29.2 Å². The lowest BCUT2D eigenvalue weighted by molar-refractivity contribution is -0.115. The first kappa shape index (κ1) is 21.6. The molecular weight excluding hydrogens is 441 g/mol. The van der Waals surface area contributed by atoms with Gasteiger partial charge in [-0.2, -0.15) is 0 Å². The fraction of sp³-hybridized carbons (Fsp3) is 0.286. The Kier molecular flexibility index (Phi) is 6.74. The molecule has 10 heteroatoms. The van der Waals surface area contributed by atoms with E-state index in [0.717, 1.165) is 24.7 Å². The monoisotopic (exact) mass is 461 g/mol. The number of anilines is 2. The summed E-state index contributed by atoms with van der Waals surface area (Å²) < 4.78 is 20.8. The van der Waals surface area contributed by atoms with Gasteiger partial charge >= 0.3 is 0 Å². The predicted molar refractivity (Wildman–Crippen MR) is 120 cm³/mol. The largest absolute Gasteiger partial charge is 0.378 e. The Hall–Kier alpha value is -2.62. The number of rotatable bonds is 6. The smallest absolute Gasteiger partial charge is 0.237 e. The van der Waals surface area contributed by atoms with E-state index in [9.17, 15) is 9.18 Å². The molecule has 0 saturated carbocycles. The third-order valence-electron chi connectivity index (χ3n) is 4.76. The van der Waals surface area contributed by atoms with E-state index in [1.165, 1.54) is 30.0 Å². The van der Waals surface area contributed by atoms with E-state index in [1.807, 2.05) is 34.9 Å². The molecule has 1 fully saturated rings. The Bertz CT molecular complexity index is 1060. The van der Waals surface area contributed by atoms with Crippen molar-refractivity contribution < 1.29 is 13.9 Å². The van der Waals surface area contributed by atoms with Crippen LogP contribution in [-0.2, 0) is 9.53 Å². The van der Waals surface area contributed by atoms with E-state index in [-0.39, 0.29) is 10.9 Å². The Morgan fingerprint density at radius 1 is 1.19 bits per heavy atom. The molecule has 162 valence electrons. The molecule has 0 bridgehead atoms. The van der Waals surface area contributed by atoms with Gasteiger partial charge in [0, 0.05) is 18.8 Å². The third kappa shape index (κ3) is 5.00. The lowest BCUT2D eigenvalue weighted by Gasteiger charge is -2.28. The average Bonchev–Trinajstić information content (AvgIpc) is 3.21. The maximum absolute atomic E-state index is 13.4. The quantitative estimate of drug-likeness (QED) is 0.559. The normalized spacial score (nSPS) is 15.0. The molecule has 2 aromatic carbocycles. The fourth-order valence-electron chi connectivity index (χ4n) is 3.14. The number of thioether (sulfide) groups is 1. The highest BCUT2D eigenvalue weighted by Gasteiger charge is 2.25. The molecule has 1 aromatic heterocycles. The Labute approximate surface area is 188 Å². The first-order valence-corrected chi connectivity index (χ1v) is 11.0. The van der Waals surface area contributed by atoms with E-state index >= 15 is 0 Å². The Balaban J connectivity index is 1.56. The van der Waals surface area contributed by atoms with E-state index in [4.69, 9.17) is 16.3 Å². The third-order valence-corrected chi connectivity index (χ3v) is 6.10. The van der Waals surface area contributed by atoms with Crippen LogP contribution in [0.3, 0.4) is 0 Å². The van der Waals surface area contributed by atoms with Gasteiger partial charge in [-0.25, -0.2) is 4.39 Å². The van der Waals surface area contributed by atoms with Gasteiger partial charge in [-0.3, -0.25) is 9.36 Å². The molecule has 1 N–H and O–H groups in total. The number of hydrogen-bond acceptors (Lipinski definition) is 6. The van der Waals surface area contributed by atoms with Gasteiger partial charge < -0.3 is 15.0 Å². The van der Waals surface area contributed by atoms with E-state index in [1.54, 1.807) is 6.92 Å². The van der Waals surface area contributed by atoms with Crippen LogP contribution in [0.1, 0.15) is 6.92 Å². The fourth-order valence-corrected chi connectivity index (χ4v) is 4.18. The van der Waals surface area contributed by atoms with Crippen LogP contribution in [0.15, 0.2) is 53.7 Å². The number of hydrogen-bond donors (Lipinski definition) is 1. The lowest BCUT2D eigenvalue weighted by atomic mass is 10.3. The molecular formula is C21H21ClFN5O2S. The molecule has 0 aliphatic carbocycles. The number of morpholine rings is 1. The molecule has 31 heavy (non-hydrogen) atoms. The minimum Gasteiger partial charge on any atom is -0.378 e. The van der Waals surface area contributed by atoms with Crippen LogP contribution < -0.4 is 10.2 Å². The van der Waals surface area contributed by atoms with Crippen molar-refractivity contribution in [2.45, 2.75) is 17.3 Å². The molecule has 1 amide bonds. The van der Waals surface area contributed by atoms with Crippen LogP contribution >= 0.6 is 23.4 Å². The molecule has 1 aliphatic rings. The van der Waals surface area contributed by atoms with E-state index < -0.39 is 11.1 Å². The van der Waals surface area contributed by atoms with Gasteiger partial charge in [0.2, 0.25) is 11.9 Å². The number of ether oxygens (including phenoxy) is 1. The zero-order valence-electron chi connectivity index (χ0n) is 16.8. The topological polar surface area (TPSA) is 72.3 Å². The van der Waals surface area contributed by atoms with Crippen molar-refractivity contribution in [3.63, 3.8) is 0 Å². The number of carbonyl (C=O) groups excluding carboxylic acids is 1. The first-order valence-electron chi connectivity index (χ1n) is 9.79. The van der Waals surface area contributed by atoms with Crippen molar-refractivity contribution in [1.29, 1.82) is 0 Å². The Morgan fingerprint density at radius 2 is 1.94 bits per heavy atom. The molecule has 1 unspecified atom stereocenters. The van der Waals surface area contributed by atoms with Crippen LogP contribution in [0.2, 0.25) is 5.02 Å². The SMILES string of the molecule is CC(Sc1nnc(N2CCOCC2)n1-c1ccccc1)C(=O)Nc1ccc(F)c(Cl)c1. The molecule has 0 radical (unpaired) electrons. The summed E-state index contributed by atoms with van der Waals surface area (Å²) in [6, 6.07) is 13.9. The number of nitrogens with zero attached hydrogens (tertiary/aromatic N) is 4. The standard InChI is InChI=1S/C21H21ClFN5O2S/c1-14(19(29)24-15-7-8-18(23)17(22)13-15)31-21-26-25-20(27-9-11-30-12-10-27)28(21)16-5-3-2-4-6-16/h2-8,13-14H,9-12H2,1H3,(H,24,29). The van der Waals surface area contributed by atoms with Gasteiger partial charge in [-0.1, -0.05) is 41.6 Å². The summed E-state index contributed by atoms with van der Waals surface area (Å²) >= 11 is 7.10. The number of halogens is 2. The number of aromatic nitrogens is 3. The molecule has 7 nitrogen and oxygen atoms in total. The van der Waals surface area contributed by atoms with Crippen molar-refractivity contribution in [3.8, 4) is 5.69 Å². The highest BCUT2D eigenvalue weighted by Crippen LogP contribution is 2.30. The van der Waals surface area contributed by atoms with Gasteiger partial charge in [0.25, 0.3) is 0 Å². The second-order valence-corrected chi connectivity index (χ2v) is 8.65. The maximum atomic E-state index is 13.4. The summed E-state index contributed by atoms with van der Waals surface area (Å²) in [5.41, 5.74) is 1.34. The molecule has 1 saturated heterocycles. The number of carbonyl (C=O) groups is 1. The van der Waals surface area contributed by atoms with Crippen LogP contribution in [0.5, 0.6) is 0 Å². The maximum Gasteiger partial charge on any atom is 0.237 e. The van der Waals surface area contributed by atoms with Crippen molar-refractivity contribution in [1.82, 2.24) is 14.8 Å². The summed E-state index contributed by atoms with van der Waals surface area (Å²) in [6.07, 6.45) is 0. The zero-order valence-corrected chi connectivity index (χ0v) is 18.4. The van der Waals surface area contributed by atoms with Crippen molar-refractivity contribution in [2.24, 2.45) is 0 Å². The summed E-state index contributed by atoms with van der Waals surface area (Å²) in [5.74, 6) is -0.0631. The summed E-state index contributed by atoms with van der Waals surface area (Å²) in [6.45, 7) is 4.48. The van der Waals surface area contributed by atoms with Crippen molar-refractivity contribution in [3.05, 3.63) is 59.4 Å². The molecule has 4 rings (SSSR count). The van der Waals surface area contributed by atoms with Crippen molar-refractivity contribution in [2.75, 3.05) is 36.5 Å². The highest BCUT2D eigenvalue weighted by atomic mass is 35.5. The first-order chi connectivity index (χ1) is 15.0. The van der Waals surface area contributed by atoms with Crippen molar-refractivity contribution >= 4 is 40.9 Å². The minimum atomic E-state index is -0.534. The van der Waals surface area contributed by atoms with Gasteiger partial charge in [0.1, 0.15) is 5.82 Å². The summed E-state index contributed by atoms with van der Waals surface area (Å²) in [4.78, 5) is 14.8. The van der Waals surface area contributed by atoms with Crippen LogP contribution in [0, 0.1) is 5.82 Å². The average molecular weight is 462 g/mol. The molecule has 3 aromatic rings. The summed E-state index contributed by atoms with van der Waals surface area (Å²) in [7, 11) is 0. The van der Waals surface area contributed by atoms with E-state index in [2.05, 4.69) is 20.4 Å². The second-order valence-electron chi connectivity index (χ2n) is 6.93. The number of para-hydroxylation sites is 1. The molecule has 1 aliphatic heterocycles. The summed E-state index contributed by atoms with van der Waals surface area (Å²) in [5, 5.41) is 11.6. The molecule has 0 spiro atoms.